The molecular weight excluding hydrogens is 524 g/mol. The fourth-order valence-corrected chi connectivity index (χ4v) is 5.53. The van der Waals surface area contributed by atoms with E-state index >= 15 is 0 Å². The minimum atomic E-state index is -0.557. The van der Waals surface area contributed by atoms with E-state index in [1.54, 1.807) is 54.6 Å². The number of pyridine rings is 1. The molecule has 6 aromatic rings. The molecule has 0 saturated carbocycles. The number of rotatable bonds is 6. The predicted molar refractivity (Wildman–Crippen MR) is 164 cm³/mol. The van der Waals surface area contributed by atoms with Gasteiger partial charge in [-0.05, 0) is 36.8 Å². The van der Waals surface area contributed by atoms with E-state index in [4.69, 9.17) is 4.74 Å². The number of aromatic amines is 1. The number of anilines is 2. The van der Waals surface area contributed by atoms with Gasteiger partial charge in [-0.3, -0.25) is 14.4 Å². The van der Waals surface area contributed by atoms with Gasteiger partial charge in [0.2, 0.25) is 0 Å². The van der Waals surface area contributed by atoms with Gasteiger partial charge in [-0.25, -0.2) is 0 Å². The summed E-state index contributed by atoms with van der Waals surface area (Å²) in [7, 11) is 0. The molecule has 202 valence electrons. The molecule has 0 fully saturated rings. The van der Waals surface area contributed by atoms with Crippen molar-refractivity contribution in [1.82, 2.24) is 4.98 Å². The van der Waals surface area contributed by atoms with E-state index in [2.05, 4.69) is 10.3 Å². The lowest BCUT2D eigenvalue weighted by molar-refractivity contribution is 0.102. The third kappa shape index (κ3) is 4.17. The minimum Gasteiger partial charge on any atom is -0.455 e. The number of hydrogen-bond donors (Lipinski definition) is 2. The Morgan fingerprint density at radius 3 is 2.10 bits per heavy atom. The first kappa shape index (κ1) is 25.2. The topological polar surface area (TPSA) is 88.3 Å². The second-order valence-electron chi connectivity index (χ2n) is 10.2. The van der Waals surface area contributed by atoms with Crippen LogP contribution in [0.15, 0.2) is 120 Å². The van der Waals surface area contributed by atoms with Gasteiger partial charge in [-0.1, -0.05) is 90.5 Å². The molecule has 2 N–H and O–H groups in total. The SMILES string of the molecule is Cc1ccc(Oc2cc(Nc3ccccc3)c3c4c(c(C(=O)c5ccccc5)c(=O)[nH]c24)-c2ccccc2C3=O)cc1. The zero-order valence-corrected chi connectivity index (χ0v) is 22.6. The number of benzene rings is 5. The average Bonchev–Trinajstić information content (AvgIpc) is 3.02. The van der Waals surface area contributed by atoms with Crippen molar-refractivity contribution in [2.24, 2.45) is 0 Å². The second kappa shape index (κ2) is 10.0. The Balaban J connectivity index is 1.59. The van der Waals surface area contributed by atoms with Crippen molar-refractivity contribution >= 4 is 33.8 Å². The van der Waals surface area contributed by atoms with Crippen LogP contribution >= 0.6 is 0 Å². The third-order valence-corrected chi connectivity index (χ3v) is 7.49. The van der Waals surface area contributed by atoms with Crippen LogP contribution in [0.5, 0.6) is 11.5 Å². The first-order chi connectivity index (χ1) is 20.5. The average molecular weight is 549 g/mol. The van der Waals surface area contributed by atoms with Gasteiger partial charge in [0.15, 0.2) is 17.3 Å². The fourth-order valence-electron chi connectivity index (χ4n) is 5.53. The van der Waals surface area contributed by atoms with Gasteiger partial charge in [-0.2, -0.15) is 0 Å². The minimum absolute atomic E-state index is 0.0203. The summed E-state index contributed by atoms with van der Waals surface area (Å²) < 4.78 is 6.36. The Morgan fingerprint density at radius 1 is 0.738 bits per heavy atom. The second-order valence-corrected chi connectivity index (χ2v) is 10.2. The molecule has 0 aliphatic heterocycles. The van der Waals surface area contributed by atoms with E-state index < -0.39 is 11.3 Å². The zero-order valence-electron chi connectivity index (χ0n) is 22.6. The molecule has 0 bridgehead atoms. The van der Waals surface area contributed by atoms with E-state index in [1.165, 1.54) is 0 Å². The first-order valence-corrected chi connectivity index (χ1v) is 13.6. The molecule has 1 aliphatic rings. The maximum atomic E-state index is 14.2. The van der Waals surface area contributed by atoms with Crippen LogP contribution in [0.25, 0.3) is 22.0 Å². The van der Waals surface area contributed by atoms with Crippen LogP contribution in [0.3, 0.4) is 0 Å². The summed E-state index contributed by atoms with van der Waals surface area (Å²) in [5.41, 5.74) is 4.22. The van der Waals surface area contributed by atoms with Gasteiger partial charge in [0.25, 0.3) is 5.56 Å². The summed E-state index contributed by atoms with van der Waals surface area (Å²) in [4.78, 5) is 44.9. The van der Waals surface area contributed by atoms with Crippen LogP contribution in [-0.2, 0) is 0 Å². The Hall–Kier alpha value is -5.75. The van der Waals surface area contributed by atoms with Crippen molar-refractivity contribution < 1.29 is 14.3 Å². The molecule has 42 heavy (non-hydrogen) atoms. The number of carbonyl (C=O) groups excluding carboxylic acids is 2. The fraction of sp³-hybridized carbons (Fsp3) is 0.0278. The Kier molecular flexibility index (Phi) is 6.02. The highest BCUT2D eigenvalue weighted by atomic mass is 16.5. The van der Waals surface area contributed by atoms with Crippen LogP contribution in [0.4, 0.5) is 11.4 Å². The van der Waals surface area contributed by atoms with Crippen LogP contribution in [0.2, 0.25) is 0 Å². The summed E-state index contributed by atoms with van der Waals surface area (Å²) in [5, 5.41) is 3.85. The lowest BCUT2D eigenvalue weighted by Crippen LogP contribution is -2.24. The molecule has 6 nitrogen and oxygen atoms in total. The van der Waals surface area contributed by atoms with Crippen molar-refractivity contribution in [1.29, 1.82) is 0 Å². The Bertz CT molecular complexity index is 2080. The molecule has 1 aromatic heterocycles. The third-order valence-electron chi connectivity index (χ3n) is 7.49. The van der Waals surface area contributed by atoms with Gasteiger partial charge in [0.05, 0.1) is 22.3 Å². The molecule has 0 spiro atoms. The molecule has 1 aliphatic carbocycles. The van der Waals surface area contributed by atoms with Gasteiger partial charge in [0, 0.05) is 33.8 Å². The highest BCUT2D eigenvalue weighted by molar-refractivity contribution is 6.31. The van der Waals surface area contributed by atoms with Crippen LogP contribution in [0.1, 0.15) is 37.4 Å². The molecule has 7 rings (SSSR count). The molecule has 0 saturated heterocycles. The van der Waals surface area contributed by atoms with E-state index in [0.717, 1.165) is 11.3 Å². The van der Waals surface area contributed by atoms with Crippen molar-refractivity contribution in [3.63, 3.8) is 0 Å². The van der Waals surface area contributed by atoms with Gasteiger partial charge in [0.1, 0.15) is 5.75 Å². The van der Waals surface area contributed by atoms with Crippen molar-refractivity contribution in [3.8, 4) is 22.6 Å². The molecule has 0 atom stereocenters. The number of hydrogen-bond acceptors (Lipinski definition) is 5. The molecular formula is C36H24N2O4. The number of ether oxygens (including phenoxy) is 1. The van der Waals surface area contributed by atoms with Gasteiger partial charge < -0.3 is 15.0 Å². The van der Waals surface area contributed by atoms with Crippen LogP contribution in [-0.4, -0.2) is 16.6 Å². The standard InChI is InChI=1S/C36H24N2O4/c1-21-16-18-24(19-17-21)42-28-20-27(37-23-12-6-3-7-13-23)30-31-29(25-14-8-9-15-26(25)35(30)40)32(36(41)38-33(28)31)34(39)22-10-4-2-5-11-22/h2-20,37H,1H3,(H,38,41). The van der Waals surface area contributed by atoms with E-state index in [0.29, 0.717) is 55.9 Å². The highest BCUT2D eigenvalue weighted by Crippen LogP contribution is 2.47. The molecule has 0 radical (unpaired) electrons. The lowest BCUT2D eigenvalue weighted by atomic mass is 9.80. The van der Waals surface area contributed by atoms with Crippen LogP contribution in [0, 0.1) is 6.92 Å². The highest BCUT2D eigenvalue weighted by Gasteiger charge is 2.34. The number of aromatic nitrogens is 1. The van der Waals surface area contributed by atoms with E-state index in [9.17, 15) is 14.4 Å². The molecule has 5 aromatic carbocycles. The quantitative estimate of drug-likeness (QED) is 0.207. The summed E-state index contributed by atoms with van der Waals surface area (Å²) in [6, 6.07) is 34.6. The number of ketones is 2. The molecule has 1 heterocycles. The number of para-hydroxylation sites is 1. The van der Waals surface area contributed by atoms with Gasteiger partial charge >= 0.3 is 0 Å². The van der Waals surface area contributed by atoms with Crippen LogP contribution < -0.4 is 15.6 Å². The van der Waals surface area contributed by atoms with E-state index in [1.807, 2.05) is 67.6 Å². The maximum Gasteiger partial charge on any atom is 0.260 e. The number of carbonyl (C=O) groups is 2. The van der Waals surface area contributed by atoms with Gasteiger partial charge in [-0.15, -0.1) is 0 Å². The zero-order chi connectivity index (χ0) is 28.8. The number of fused-ring (bicyclic) bond motifs is 2. The summed E-state index contributed by atoms with van der Waals surface area (Å²) in [6.07, 6.45) is 0. The molecule has 6 heteroatoms. The van der Waals surface area contributed by atoms with E-state index in [-0.39, 0.29) is 11.3 Å². The van der Waals surface area contributed by atoms with Crippen molar-refractivity contribution in [2.75, 3.05) is 5.32 Å². The van der Waals surface area contributed by atoms with Crippen molar-refractivity contribution in [3.05, 3.63) is 153 Å². The number of H-pyrrole nitrogens is 1. The summed E-state index contributed by atoms with van der Waals surface area (Å²) in [6.45, 7) is 1.99. The van der Waals surface area contributed by atoms with Crippen molar-refractivity contribution in [2.45, 2.75) is 6.92 Å². The normalized spacial score (nSPS) is 11.7. The largest absolute Gasteiger partial charge is 0.455 e. The molecule has 0 amide bonds. The molecule has 0 unspecified atom stereocenters. The lowest BCUT2D eigenvalue weighted by Gasteiger charge is -2.25. The Morgan fingerprint density at radius 2 is 1.38 bits per heavy atom. The summed E-state index contributed by atoms with van der Waals surface area (Å²) in [5.74, 6) is 0.274. The number of aryl methyl sites for hydroxylation is 1. The smallest absolute Gasteiger partial charge is 0.260 e. The predicted octanol–water partition coefficient (Wildman–Crippen LogP) is 7.81. The first-order valence-electron chi connectivity index (χ1n) is 13.6. The maximum absolute atomic E-state index is 14.2. The monoisotopic (exact) mass is 548 g/mol. The number of nitrogens with one attached hydrogen (secondary N) is 2. The summed E-state index contributed by atoms with van der Waals surface area (Å²) >= 11 is 0. The Labute approximate surface area is 241 Å².